The molecule has 0 atom stereocenters. The van der Waals surface area contributed by atoms with Crippen molar-refractivity contribution in [3.63, 3.8) is 0 Å². The fourth-order valence-corrected chi connectivity index (χ4v) is 3.03. The van der Waals surface area contributed by atoms with E-state index in [0.717, 1.165) is 24.1 Å². The Balaban J connectivity index is 1.89. The molecule has 2 N–H and O–H groups in total. The summed E-state index contributed by atoms with van der Waals surface area (Å²) in [5.41, 5.74) is 8.65. The number of para-hydroxylation sites is 2. The third-order valence-corrected chi connectivity index (χ3v) is 4.57. The molecule has 4 nitrogen and oxygen atoms in total. The number of fused-ring (bicyclic) bond motifs is 1. The summed E-state index contributed by atoms with van der Waals surface area (Å²) >= 11 is 0. The van der Waals surface area contributed by atoms with Gasteiger partial charge < -0.3 is 15.4 Å². The van der Waals surface area contributed by atoms with Gasteiger partial charge in [0.2, 0.25) is 0 Å². The summed E-state index contributed by atoms with van der Waals surface area (Å²) in [6.07, 6.45) is 3.58. The molecule has 0 radical (unpaired) electrons. The van der Waals surface area contributed by atoms with Gasteiger partial charge in [-0.25, -0.2) is 0 Å². The van der Waals surface area contributed by atoms with Crippen LogP contribution in [0.4, 0.5) is 5.69 Å². The third kappa shape index (κ3) is 3.97. The van der Waals surface area contributed by atoms with Gasteiger partial charge in [-0.2, -0.15) is 0 Å². The van der Waals surface area contributed by atoms with Crippen molar-refractivity contribution in [2.75, 3.05) is 18.0 Å². The van der Waals surface area contributed by atoms with Crippen LogP contribution in [0, 0.1) is 0 Å². The lowest BCUT2D eigenvalue weighted by Gasteiger charge is -2.30. The van der Waals surface area contributed by atoms with Crippen molar-refractivity contribution in [2.45, 2.75) is 32.6 Å². The number of amides is 1. The van der Waals surface area contributed by atoms with Crippen LogP contribution < -0.4 is 15.4 Å². The van der Waals surface area contributed by atoms with Crippen molar-refractivity contribution in [1.82, 2.24) is 0 Å². The topological polar surface area (TPSA) is 55.6 Å². The Hall–Kier alpha value is -2.59. The molecular formula is C22H26N2O2. The van der Waals surface area contributed by atoms with E-state index in [1.807, 2.05) is 42.5 Å². The SMILES string of the molecule is CC(C)c1ccc(/C=C2/Oc3ccccc3N(CCCCN)C2=O)cc1. The minimum Gasteiger partial charge on any atom is -0.449 e. The second kappa shape index (κ2) is 8.19. The molecule has 26 heavy (non-hydrogen) atoms. The highest BCUT2D eigenvalue weighted by Crippen LogP contribution is 2.35. The molecule has 1 amide bonds. The molecule has 1 heterocycles. The number of hydrogen-bond acceptors (Lipinski definition) is 3. The smallest absolute Gasteiger partial charge is 0.294 e. The van der Waals surface area contributed by atoms with Gasteiger partial charge in [0.25, 0.3) is 5.91 Å². The third-order valence-electron chi connectivity index (χ3n) is 4.57. The van der Waals surface area contributed by atoms with Gasteiger partial charge in [-0.3, -0.25) is 4.79 Å². The Bertz CT molecular complexity index is 794. The number of hydrogen-bond donors (Lipinski definition) is 1. The number of benzene rings is 2. The van der Waals surface area contributed by atoms with Crippen molar-refractivity contribution in [3.05, 3.63) is 65.4 Å². The first kappa shape index (κ1) is 18.2. The molecule has 0 fully saturated rings. The van der Waals surface area contributed by atoms with E-state index < -0.39 is 0 Å². The maximum absolute atomic E-state index is 13.0. The predicted octanol–water partition coefficient (Wildman–Crippen LogP) is 4.32. The zero-order chi connectivity index (χ0) is 18.5. The van der Waals surface area contributed by atoms with E-state index in [9.17, 15) is 4.79 Å². The number of carbonyl (C=O) groups is 1. The normalized spacial score (nSPS) is 15.3. The predicted molar refractivity (Wildman–Crippen MR) is 106 cm³/mol. The highest BCUT2D eigenvalue weighted by molar-refractivity contribution is 6.09. The molecule has 1 aliphatic rings. The zero-order valence-electron chi connectivity index (χ0n) is 15.4. The fraction of sp³-hybridized carbons (Fsp3) is 0.318. The lowest BCUT2D eigenvalue weighted by molar-refractivity contribution is -0.117. The molecule has 0 bridgehead atoms. The maximum Gasteiger partial charge on any atom is 0.294 e. The Morgan fingerprint density at radius 2 is 1.81 bits per heavy atom. The maximum atomic E-state index is 13.0. The molecule has 2 aromatic carbocycles. The quantitative estimate of drug-likeness (QED) is 0.624. The Morgan fingerprint density at radius 1 is 1.08 bits per heavy atom. The average molecular weight is 350 g/mol. The number of nitrogens with zero attached hydrogens (tertiary/aromatic N) is 1. The Morgan fingerprint density at radius 3 is 2.50 bits per heavy atom. The van der Waals surface area contributed by atoms with Gasteiger partial charge >= 0.3 is 0 Å². The first-order chi connectivity index (χ1) is 12.6. The molecule has 3 rings (SSSR count). The number of ether oxygens (including phenoxy) is 1. The Kier molecular flexibility index (Phi) is 5.74. The largest absolute Gasteiger partial charge is 0.449 e. The minimum absolute atomic E-state index is 0.103. The van der Waals surface area contributed by atoms with E-state index in [1.165, 1.54) is 5.56 Å². The van der Waals surface area contributed by atoms with E-state index in [1.54, 1.807) is 4.90 Å². The van der Waals surface area contributed by atoms with Gasteiger partial charge in [0.15, 0.2) is 11.5 Å². The second-order valence-electron chi connectivity index (χ2n) is 6.85. The van der Waals surface area contributed by atoms with Gasteiger partial charge in [0.1, 0.15) is 0 Å². The summed E-state index contributed by atoms with van der Waals surface area (Å²) in [4.78, 5) is 14.8. The monoisotopic (exact) mass is 350 g/mol. The lowest BCUT2D eigenvalue weighted by atomic mass is 10.0. The molecular weight excluding hydrogens is 324 g/mol. The molecule has 0 unspecified atom stereocenters. The highest BCUT2D eigenvalue weighted by atomic mass is 16.5. The number of nitrogens with two attached hydrogens (primary N) is 1. The number of carbonyl (C=O) groups excluding carboxylic acids is 1. The van der Waals surface area contributed by atoms with Gasteiger partial charge in [0.05, 0.1) is 5.69 Å². The molecule has 2 aromatic rings. The molecule has 0 spiro atoms. The van der Waals surface area contributed by atoms with Crippen LogP contribution >= 0.6 is 0 Å². The fourth-order valence-electron chi connectivity index (χ4n) is 3.03. The van der Waals surface area contributed by atoms with Crippen LogP contribution in [0.1, 0.15) is 43.7 Å². The van der Waals surface area contributed by atoms with Gasteiger partial charge in [-0.15, -0.1) is 0 Å². The molecule has 136 valence electrons. The number of unbranched alkanes of at least 4 members (excludes halogenated alkanes) is 1. The van der Waals surface area contributed by atoms with E-state index in [2.05, 4.69) is 26.0 Å². The molecule has 4 heteroatoms. The second-order valence-corrected chi connectivity index (χ2v) is 6.85. The molecule has 0 aromatic heterocycles. The number of rotatable bonds is 6. The van der Waals surface area contributed by atoms with E-state index in [0.29, 0.717) is 30.5 Å². The van der Waals surface area contributed by atoms with Crippen LogP contribution in [-0.2, 0) is 4.79 Å². The summed E-state index contributed by atoms with van der Waals surface area (Å²) in [7, 11) is 0. The van der Waals surface area contributed by atoms with Crippen molar-refractivity contribution in [1.29, 1.82) is 0 Å². The molecule has 0 aliphatic carbocycles. The summed E-state index contributed by atoms with van der Waals surface area (Å²) in [6, 6.07) is 15.9. The molecule has 1 aliphatic heterocycles. The highest BCUT2D eigenvalue weighted by Gasteiger charge is 2.29. The Labute approximate surface area is 155 Å². The van der Waals surface area contributed by atoms with E-state index in [-0.39, 0.29) is 5.91 Å². The zero-order valence-corrected chi connectivity index (χ0v) is 15.4. The van der Waals surface area contributed by atoms with Crippen molar-refractivity contribution in [3.8, 4) is 5.75 Å². The number of anilines is 1. The van der Waals surface area contributed by atoms with Crippen LogP contribution in [0.25, 0.3) is 6.08 Å². The van der Waals surface area contributed by atoms with Crippen LogP contribution in [0.5, 0.6) is 5.75 Å². The summed E-state index contributed by atoms with van der Waals surface area (Å²) < 4.78 is 5.91. The van der Waals surface area contributed by atoms with E-state index in [4.69, 9.17) is 10.5 Å². The molecule has 0 saturated heterocycles. The standard InChI is InChI=1S/C22H26N2O2/c1-16(2)18-11-9-17(10-12-18)15-21-22(25)24(14-6-5-13-23)19-7-3-4-8-20(19)26-21/h3-4,7-12,15-16H,5-6,13-14,23H2,1-2H3/b21-15+. The molecule has 0 saturated carbocycles. The van der Waals surface area contributed by atoms with E-state index >= 15 is 0 Å². The van der Waals surface area contributed by atoms with Gasteiger partial charge in [0, 0.05) is 6.54 Å². The van der Waals surface area contributed by atoms with Crippen molar-refractivity contribution in [2.24, 2.45) is 5.73 Å². The van der Waals surface area contributed by atoms with Crippen LogP contribution in [0.15, 0.2) is 54.3 Å². The van der Waals surface area contributed by atoms with Crippen molar-refractivity contribution < 1.29 is 9.53 Å². The first-order valence-corrected chi connectivity index (χ1v) is 9.20. The first-order valence-electron chi connectivity index (χ1n) is 9.20. The summed E-state index contributed by atoms with van der Waals surface area (Å²) in [5.74, 6) is 1.45. The van der Waals surface area contributed by atoms with Gasteiger partial charge in [-0.05, 0) is 54.6 Å². The minimum atomic E-state index is -0.103. The summed E-state index contributed by atoms with van der Waals surface area (Å²) in [6.45, 7) is 5.60. The summed E-state index contributed by atoms with van der Waals surface area (Å²) in [5, 5.41) is 0. The van der Waals surface area contributed by atoms with Gasteiger partial charge in [-0.1, -0.05) is 50.2 Å². The van der Waals surface area contributed by atoms with Crippen LogP contribution in [-0.4, -0.2) is 19.0 Å². The van der Waals surface area contributed by atoms with Crippen LogP contribution in [0.2, 0.25) is 0 Å². The van der Waals surface area contributed by atoms with Crippen molar-refractivity contribution >= 4 is 17.7 Å². The van der Waals surface area contributed by atoms with Crippen LogP contribution in [0.3, 0.4) is 0 Å². The average Bonchev–Trinajstić information content (AvgIpc) is 2.65. The lowest BCUT2D eigenvalue weighted by Crippen LogP contribution is -2.38.